The highest BCUT2D eigenvalue weighted by Crippen LogP contribution is 2.32. The van der Waals surface area contributed by atoms with Gasteiger partial charge in [-0.3, -0.25) is 14.6 Å². The molecule has 25 heavy (non-hydrogen) atoms. The molecule has 3 aliphatic heterocycles. The number of carbonyl (C=O) groups is 1. The van der Waals surface area contributed by atoms with Gasteiger partial charge >= 0.3 is 0 Å². The molecule has 0 saturated carbocycles. The summed E-state index contributed by atoms with van der Waals surface area (Å²) in [7, 11) is 0. The summed E-state index contributed by atoms with van der Waals surface area (Å²) in [6, 6.07) is 2.76. The lowest BCUT2D eigenvalue weighted by Gasteiger charge is -2.49. The molecule has 138 valence electrons. The van der Waals surface area contributed by atoms with Crippen LogP contribution in [0.25, 0.3) is 0 Å². The molecule has 4 rings (SSSR count). The lowest BCUT2D eigenvalue weighted by Crippen LogP contribution is -2.58. The average molecular weight is 364 g/mol. The fourth-order valence-corrected chi connectivity index (χ4v) is 5.18. The summed E-state index contributed by atoms with van der Waals surface area (Å²) in [5, 5.41) is 7.43. The number of thiophene rings is 1. The molecule has 1 spiro atoms. The molecule has 3 aliphatic rings. The Morgan fingerprint density at radius 2 is 2.16 bits per heavy atom. The van der Waals surface area contributed by atoms with E-state index >= 15 is 0 Å². The van der Waals surface area contributed by atoms with Gasteiger partial charge in [-0.1, -0.05) is 0 Å². The van der Waals surface area contributed by atoms with Crippen molar-refractivity contribution in [2.24, 2.45) is 0 Å². The van der Waals surface area contributed by atoms with Crippen LogP contribution in [0.1, 0.15) is 37.7 Å². The van der Waals surface area contributed by atoms with Gasteiger partial charge in [0, 0.05) is 51.7 Å². The van der Waals surface area contributed by atoms with Crippen molar-refractivity contribution in [3.63, 3.8) is 0 Å². The maximum absolute atomic E-state index is 11.6. The molecule has 1 amide bonds. The molecule has 1 N–H and O–H groups in total. The topological polar surface area (TPSA) is 44.8 Å². The summed E-state index contributed by atoms with van der Waals surface area (Å²) in [5.74, 6) is 0.215. The van der Waals surface area contributed by atoms with Crippen LogP contribution in [0.4, 0.5) is 0 Å². The van der Waals surface area contributed by atoms with Crippen molar-refractivity contribution >= 4 is 17.2 Å². The smallest absolute Gasteiger partial charge is 0.220 e. The lowest BCUT2D eigenvalue weighted by atomic mass is 9.88. The average Bonchev–Trinajstić information content (AvgIpc) is 3.04. The third-order valence-corrected chi connectivity index (χ3v) is 6.78. The van der Waals surface area contributed by atoms with Crippen LogP contribution >= 0.6 is 11.3 Å². The second kappa shape index (κ2) is 7.74. The summed E-state index contributed by atoms with van der Waals surface area (Å²) in [6.07, 6.45) is 4.98. The van der Waals surface area contributed by atoms with Crippen LogP contribution in [0.15, 0.2) is 16.8 Å². The van der Waals surface area contributed by atoms with E-state index in [1.807, 2.05) is 0 Å². The Kier molecular flexibility index (Phi) is 5.41. The third-order valence-electron chi connectivity index (χ3n) is 6.05. The standard InChI is InChI=1S/C19H29N3O2S/c23-18-2-1-17(3-7-20-18)22-10-11-24-19(15-22)5-8-21(9-6-19)13-16-4-12-25-14-16/h4,12,14,17H,1-3,5-11,13,15H2,(H,20,23). The van der Waals surface area contributed by atoms with Crippen LogP contribution < -0.4 is 5.32 Å². The zero-order valence-electron chi connectivity index (χ0n) is 14.9. The minimum atomic E-state index is 0.0349. The van der Waals surface area contributed by atoms with E-state index in [4.69, 9.17) is 4.74 Å². The van der Waals surface area contributed by atoms with Gasteiger partial charge in [0.25, 0.3) is 0 Å². The number of amides is 1. The number of carbonyl (C=O) groups excluding carboxylic acids is 1. The Balaban J connectivity index is 1.32. The summed E-state index contributed by atoms with van der Waals surface area (Å²) in [5.41, 5.74) is 1.47. The number of hydrogen-bond acceptors (Lipinski definition) is 5. The monoisotopic (exact) mass is 363 g/mol. The van der Waals surface area contributed by atoms with E-state index in [0.29, 0.717) is 12.5 Å². The number of piperidine rings is 1. The van der Waals surface area contributed by atoms with Gasteiger partial charge in [0.1, 0.15) is 0 Å². The SMILES string of the molecule is O=C1CCC(N2CCOC3(CCN(Cc4ccsc4)CC3)C2)CCN1. The Labute approximate surface area is 154 Å². The van der Waals surface area contributed by atoms with Gasteiger partial charge in [0.05, 0.1) is 12.2 Å². The van der Waals surface area contributed by atoms with Crippen LogP contribution in [0.3, 0.4) is 0 Å². The molecule has 3 fully saturated rings. The summed E-state index contributed by atoms with van der Waals surface area (Å²) >= 11 is 1.78. The van der Waals surface area contributed by atoms with Crippen molar-refractivity contribution < 1.29 is 9.53 Å². The van der Waals surface area contributed by atoms with Gasteiger partial charge in [-0.2, -0.15) is 11.3 Å². The second-order valence-electron chi connectivity index (χ2n) is 7.74. The number of morpholine rings is 1. The highest BCUT2D eigenvalue weighted by molar-refractivity contribution is 7.07. The van der Waals surface area contributed by atoms with E-state index in [9.17, 15) is 4.79 Å². The van der Waals surface area contributed by atoms with Gasteiger partial charge in [-0.15, -0.1) is 0 Å². The number of rotatable bonds is 3. The maximum Gasteiger partial charge on any atom is 0.220 e. The van der Waals surface area contributed by atoms with Crippen LogP contribution in [-0.4, -0.2) is 66.7 Å². The van der Waals surface area contributed by atoms with Crippen LogP contribution in [0.5, 0.6) is 0 Å². The Hall–Kier alpha value is -0.950. The zero-order chi connectivity index (χ0) is 17.1. The molecule has 1 atom stereocenters. The molecule has 0 aromatic carbocycles. The lowest BCUT2D eigenvalue weighted by molar-refractivity contribution is -0.144. The molecule has 1 unspecified atom stereocenters. The van der Waals surface area contributed by atoms with Crippen molar-refractivity contribution in [3.05, 3.63) is 22.4 Å². The molecule has 0 bridgehead atoms. The predicted octanol–water partition coefficient (Wildman–Crippen LogP) is 2.08. The van der Waals surface area contributed by atoms with Crippen LogP contribution in [0.2, 0.25) is 0 Å². The highest BCUT2D eigenvalue weighted by Gasteiger charge is 2.41. The van der Waals surface area contributed by atoms with E-state index in [1.165, 1.54) is 5.56 Å². The van der Waals surface area contributed by atoms with E-state index in [2.05, 4.69) is 31.9 Å². The quantitative estimate of drug-likeness (QED) is 0.893. The van der Waals surface area contributed by atoms with Crippen molar-refractivity contribution in [3.8, 4) is 0 Å². The van der Waals surface area contributed by atoms with E-state index < -0.39 is 0 Å². The number of likely N-dealkylation sites (tertiary alicyclic amines) is 1. The minimum Gasteiger partial charge on any atom is -0.372 e. The molecular weight excluding hydrogens is 334 g/mol. The molecule has 0 aliphatic carbocycles. The molecule has 1 aromatic heterocycles. The van der Waals surface area contributed by atoms with Gasteiger partial charge in [0.15, 0.2) is 0 Å². The fraction of sp³-hybridized carbons (Fsp3) is 0.737. The van der Waals surface area contributed by atoms with Crippen molar-refractivity contribution in [1.29, 1.82) is 0 Å². The normalized spacial score (nSPS) is 28.6. The molecule has 6 heteroatoms. The van der Waals surface area contributed by atoms with Gasteiger partial charge in [-0.25, -0.2) is 0 Å². The van der Waals surface area contributed by atoms with Crippen LogP contribution in [-0.2, 0) is 16.1 Å². The van der Waals surface area contributed by atoms with Crippen LogP contribution in [0, 0.1) is 0 Å². The minimum absolute atomic E-state index is 0.0349. The van der Waals surface area contributed by atoms with Gasteiger partial charge in [0.2, 0.25) is 5.91 Å². The third kappa shape index (κ3) is 4.25. The Bertz CT molecular complexity index is 569. The number of nitrogens with zero attached hydrogens (tertiary/aromatic N) is 2. The summed E-state index contributed by atoms with van der Waals surface area (Å²) in [6.45, 7) is 7.02. The largest absolute Gasteiger partial charge is 0.372 e. The molecule has 1 aromatic rings. The molecule has 0 radical (unpaired) electrons. The zero-order valence-corrected chi connectivity index (χ0v) is 15.7. The predicted molar refractivity (Wildman–Crippen MR) is 99.7 cm³/mol. The first-order valence-electron chi connectivity index (χ1n) is 9.61. The van der Waals surface area contributed by atoms with Gasteiger partial charge in [-0.05, 0) is 48.1 Å². The molecular formula is C19H29N3O2S. The number of nitrogens with one attached hydrogen (secondary N) is 1. The van der Waals surface area contributed by atoms with Crippen molar-refractivity contribution in [1.82, 2.24) is 15.1 Å². The highest BCUT2D eigenvalue weighted by atomic mass is 32.1. The second-order valence-corrected chi connectivity index (χ2v) is 8.52. The Morgan fingerprint density at radius 3 is 2.96 bits per heavy atom. The Morgan fingerprint density at radius 1 is 1.28 bits per heavy atom. The number of ether oxygens (including phenoxy) is 1. The first-order valence-corrected chi connectivity index (χ1v) is 10.5. The first kappa shape index (κ1) is 17.5. The van der Waals surface area contributed by atoms with Crippen molar-refractivity contribution in [2.75, 3.05) is 39.3 Å². The summed E-state index contributed by atoms with van der Waals surface area (Å²) in [4.78, 5) is 16.8. The molecule has 4 heterocycles. The van der Waals surface area contributed by atoms with Crippen molar-refractivity contribution in [2.45, 2.75) is 50.3 Å². The molecule has 3 saturated heterocycles. The van der Waals surface area contributed by atoms with Gasteiger partial charge < -0.3 is 10.1 Å². The molecule has 5 nitrogen and oxygen atoms in total. The van der Waals surface area contributed by atoms with E-state index in [0.717, 1.165) is 71.6 Å². The summed E-state index contributed by atoms with van der Waals surface area (Å²) < 4.78 is 6.31. The maximum atomic E-state index is 11.6. The van der Waals surface area contributed by atoms with E-state index in [1.54, 1.807) is 11.3 Å². The van der Waals surface area contributed by atoms with E-state index in [-0.39, 0.29) is 11.5 Å². The first-order chi connectivity index (χ1) is 12.2. The number of hydrogen-bond donors (Lipinski definition) is 1. The fourth-order valence-electron chi connectivity index (χ4n) is 4.52.